The topological polar surface area (TPSA) is 68.0 Å². The summed E-state index contributed by atoms with van der Waals surface area (Å²) in [6, 6.07) is 7.34. The molecular formula is C11H10ClN3OS. The van der Waals surface area contributed by atoms with Crippen LogP contribution >= 0.6 is 22.9 Å². The van der Waals surface area contributed by atoms with Crippen LogP contribution in [0.25, 0.3) is 0 Å². The van der Waals surface area contributed by atoms with Gasteiger partial charge in [-0.3, -0.25) is 4.79 Å². The van der Waals surface area contributed by atoms with Gasteiger partial charge in [-0.15, -0.1) is 11.3 Å². The van der Waals surface area contributed by atoms with Crippen molar-refractivity contribution in [2.75, 3.05) is 5.32 Å². The molecule has 0 atom stereocenters. The number of hydrogen-bond acceptors (Lipinski definition) is 4. The highest BCUT2D eigenvalue weighted by atomic mass is 35.5. The zero-order valence-corrected chi connectivity index (χ0v) is 10.4. The van der Waals surface area contributed by atoms with Gasteiger partial charge in [0.05, 0.1) is 12.1 Å². The van der Waals surface area contributed by atoms with Gasteiger partial charge in [-0.1, -0.05) is 17.7 Å². The van der Waals surface area contributed by atoms with Crippen molar-refractivity contribution in [2.45, 2.75) is 6.42 Å². The molecule has 2 aromatic rings. The Morgan fingerprint density at radius 2 is 2.35 bits per heavy atom. The number of thiazole rings is 1. The molecule has 3 N–H and O–H groups in total. The average molecular weight is 268 g/mol. The molecule has 0 saturated carbocycles. The molecule has 6 heteroatoms. The maximum Gasteiger partial charge on any atom is 0.223 e. The van der Waals surface area contributed by atoms with E-state index in [0.717, 1.165) is 5.69 Å². The second kappa shape index (κ2) is 5.16. The number of carbonyl (C=O) groups is 1. The monoisotopic (exact) mass is 267 g/mol. The number of nitrogens with zero attached hydrogens (tertiary/aromatic N) is 1. The van der Waals surface area contributed by atoms with Crippen LogP contribution in [0.3, 0.4) is 0 Å². The number of halogens is 1. The van der Waals surface area contributed by atoms with Gasteiger partial charge in [0.15, 0.2) is 5.13 Å². The molecule has 0 bridgehead atoms. The van der Waals surface area contributed by atoms with E-state index in [1.165, 1.54) is 11.3 Å². The molecule has 0 fully saturated rings. The Hall–Kier alpha value is -1.59. The Kier molecular flexibility index (Phi) is 3.61. The molecule has 0 aliphatic carbocycles. The van der Waals surface area contributed by atoms with Gasteiger partial charge < -0.3 is 11.1 Å². The van der Waals surface area contributed by atoms with Crippen molar-refractivity contribution in [2.24, 2.45) is 5.73 Å². The molecule has 1 amide bonds. The Morgan fingerprint density at radius 1 is 1.53 bits per heavy atom. The zero-order valence-electron chi connectivity index (χ0n) is 8.81. The number of rotatable bonds is 4. The van der Waals surface area contributed by atoms with Crippen LogP contribution in [0, 0.1) is 0 Å². The van der Waals surface area contributed by atoms with Gasteiger partial charge in [-0.05, 0) is 18.2 Å². The van der Waals surface area contributed by atoms with E-state index in [1.807, 2.05) is 12.1 Å². The fourth-order valence-corrected chi connectivity index (χ4v) is 2.23. The summed E-state index contributed by atoms with van der Waals surface area (Å²) in [4.78, 5) is 15.0. The summed E-state index contributed by atoms with van der Waals surface area (Å²) >= 11 is 7.29. The standard InChI is InChI=1S/C11H10ClN3OS/c12-7-2-1-3-8(4-7)14-11-15-9(6-17-11)5-10(13)16/h1-4,6H,5H2,(H2,13,16)(H,14,15). The summed E-state index contributed by atoms with van der Waals surface area (Å²) in [5.41, 5.74) is 6.63. The van der Waals surface area contributed by atoms with E-state index in [-0.39, 0.29) is 12.3 Å². The lowest BCUT2D eigenvalue weighted by molar-refractivity contribution is -0.117. The predicted molar refractivity (Wildman–Crippen MR) is 69.7 cm³/mol. The highest BCUT2D eigenvalue weighted by molar-refractivity contribution is 7.13. The van der Waals surface area contributed by atoms with Crippen LogP contribution in [-0.2, 0) is 11.2 Å². The van der Waals surface area contributed by atoms with Crippen molar-refractivity contribution in [3.05, 3.63) is 40.4 Å². The number of benzene rings is 1. The molecule has 17 heavy (non-hydrogen) atoms. The number of carbonyl (C=O) groups excluding carboxylic acids is 1. The normalized spacial score (nSPS) is 10.2. The summed E-state index contributed by atoms with van der Waals surface area (Å²) < 4.78 is 0. The van der Waals surface area contributed by atoms with E-state index in [0.29, 0.717) is 15.8 Å². The summed E-state index contributed by atoms with van der Waals surface area (Å²) in [5, 5.41) is 6.28. The molecule has 0 unspecified atom stereocenters. The van der Waals surface area contributed by atoms with Crippen molar-refractivity contribution in [3.8, 4) is 0 Å². The maximum atomic E-state index is 10.7. The van der Waals surface area contributed by atoms with Crippen molar-refractivity contribution >= 4 is 39.7 Å². The van der Waals surface area contributed by atoms with Crippen molar-refractivity contribution in [1.82, 2.24) is 4.98 Å². The summed E-state index contributed by atoms with van der Waals surface area (Å²) in [6.45, 7) is 0. The van der Waals surface area contributed by atoms with E-state index >= 15 is 0 Å². The number of anilines is 2. The van der Waals surface area contributed by atoms with Gasteiger partial charge in [0.2, 0.25) is 5.91 Å². The first-order valence-corrected chi connectivity index (χ1v) is 6.14. The fraction of sp³-hybridized carbons (Fsp3) is 0.0909. The molecule has 1 aromatic carbocycles. The van der Waals surface area contributed by atoms with E-state index in [4.69, 9.17) is 17.3 Å². The third kappa shape index (κ3) is 3.44. The molecule has 0 aliphatic rings. The van der Waals surface area contributed by atoms with Gasteiger partial charge in [0.1, 0.15) is 0 Å². The largest absolute Gasteiger partial charge is 0.369 e. The summed E-state index contributed by atoms with van der Waals surface area (Å²) in [6.07, 6.45) is 0.160. The van der Waals surface area contributed by atoms with E-state index in [1.54, 1.807) is 17.5 Å². The molecule has 1 heterocycles. The highest BCUT2D eigenvalue weighted by Crippen LogP contribution is 2.23. The first-order valence-electron chi connectivity index (χ1n) is 4.89. The number of aromatic nitrogens is 1. The average Bonchev–Trinajstić information content (AvgIpc) is 2.64. The smallest absolute Gasteiger partial charge is 0.223 e. The zero-order chi connectivity index (χ0) is 12.3. The quantitative estimate of drug-likeness (QED) is 0.895. The molecule has 0 saturated heterocycles. The Bertz CT molecular complexity index is 541. The number of nitrogens with one attached hydrogen (secondary N) is 1. The van der Waals surface area contributed by atoms with E-state index in [2.05, 4.69) is 10.3 Å². The summed E-state index contributed by atoms with van der Waals surface area (Å²) in [7, 11) is 0. The van der Waals surface area contributed by atoms with Crippen LogP contribution in [0.2, 0.25) is 5.02 Å². The third-order valence-corrected chi connectivity index (χ3v) is 3.02. The van der Waals surface area contributed by atoms with Crippen LogP contribution in [-0.4, -0.2) is 10.9 Å². The van der Waals surface area contributed by atoms with Crippen molar-refractivity contribution < 1.29 is 4.79 Å². The second-order valence-electron chi connectivity index (χ2n) is 3.42. The molecular weight excluding hydrogens is 258 g/mol. The van der Waals surface area contributed by atoms with Crippen LogP contribution in [0.5, 0.6) is 0 Å². The molecule has 4 nitrogen and oxygen atoms in total. The fourth-order valence-electron chi connectivity index (χ4n) is 1.31. The van der Waals surface area contributed by atoms with Gasteiger partial charge >= 0.3 is 0 Å². The highest BCUT2D eigenvalue weighted by Gasteiger charge is 2.05. The van der Waals surface area contributed by atoms with Crippen molar-refractivity contribution in [3.63, 3.8) is 0 Å². The number of hydrogen-bond donors (Lipinski definition) is 2. The number of nitrogens with two attached hydrogens (primary N) is 1. The van der Waals surface area contributed by atoms with Crippen LogP contribution < -0.4 is 11.1 Å². The van der Waals surface area contributed by atoms with Crippen LogP contribution in [0.4, 0.5) is 10.8 Å². The molecule has 0 radical (unpaired) electrons. The minimum absolute atomic E-state index is 0.160. The Balaban J connectivity index is 2.08. The second-order valence-corrected chi connectivity index (χ2v) is 4.72. The lowest BCUT2D eigenvalue weighted by Crippen LogP contribution is -2.13. The first kappa shape index (κ1) is 11.9. The maximum absolute atomic E-state index is 10.7. The molecule has 0 aliphatic heterocycles. The molecule has 2 rings (SSSR count). The van der Waals surface area contributed by atoms with Gasteiger partial charge in [0, 0.05) is 16.1 Å². The minimum atomic E-state index is -0.385. The Labute approximate surface area is 107 Å². The molecule has 1 aromatic heterocycles. The number of primary amides is 1. The Morgan fingerprint density at radius 3 is 3.06 bits per heavy atom. The van der Waals surface area contributed by atoms with Gasteiger partial charge in [-0.2, -0.15) is 0 Å². The lowest BCUT2D eigenvalue weighted by atomic mass is 10.3. The third-order valence-electron chi connectivity index (χ3n) is 1.98. The molecule has 0 spiro atoms. The lowest BCUT2D eigenvalue weighted by Gasteiger charge is -2.01. The minimum Gasteiger partial charge on any atom is -0.369 e. The SMILES string of the molecule is NC(=O)Cc1csc(Nc2cccc(Cl)c2)n1. The number of amides is 1. The van der Waals surface area contributed by atoms with Crippen LogP contribution in [0.15, 0.2) is 29.6 Å². The predicted octanol–water partition coefficient (Wildman–Crippen LogP) is 2.57. The summed E-state index contributed by atoms with van der Waals surface area (Å²) in [5.74, 6) is -0.385. The van der Waals surface area contributed by atoms with E-state index in [9.17, 15) is 4.79 Å². The molecule has 88 valence electrons. The van der Waals surface area contributed by atoms with Crippen molar-refractivity contribution in [1.29, 1.82) is 0 Å². The van der Waals surface area contributed by atoms with Gasteiger partial charge in [0.25, 0.3) is 0 Å². The van der Waals surface area contributed by atoms with Gasteiger partial charge in [-0.25, -0.2) is 4.98 Å². The van der Waals surface area contributed by atoms with Crippen LogP contribution in [0.1, 0.15) is 5.69 Å². The first-order chi connectivity index (χ1) is 8.13. The van der Waals surface area contributed by atoms with E-state index < -0.39 is 0 Å².